The van der Waals surface area contributed by atoms with Crippen molar-refractivity contribution >= 4 is 11.6 Å². The van der Waals surface area contributed by atoms with Crippen LogP contribution in [0.15, 0.2) is 30.3 Å². The van der Waals surface area contributed by atoms with Crippen LogP contribution in [0.2, 0.25) is 0 Å². The maximum Gasteiger partial charge on any atom is 0.262 e. The van der Waals surface area contributed by atoms with E-state index in [2.05, 4.69) is 0 Å². The lowest BCUT2D eigenvalue weighted by molar-refractivity contribution is -0.249. The molecule has 0 aromatic heterocycles. The van der Waals surface area contributed by atoms with Gasteiger partial charge in [-0.25, -0.2) is 0 Å². The van der Waals surface area contributed by atoms with E-state index in [1.165, 1.54) is 0 Å². The zero-order chi connectivity index (χ0) is 7.68. The SMILES string of the molecule is ClC1O[C](c2ccccc2)O1. The second-order valence-corrected chi connectivity index (χ2v) is 2.52. The van der Waals surface area contributed by atoms with Gasteiger partial charge in [-0.1, -0.05) is 41.9 Å². The third kappa shape index (κ3) is 1.38. The van der Waals surface area contributed by atoms with E-state index >= 15 is 0 Å². The molecule has 1 saturated heterocycles. The predicted molar refractivity (Wildman–Crippen MR) is 40.6 cm³/mol. The number of hydrogen-bond donors (Lipinski definition) is 0. The lowest BCUT2D eigenvalue weighted by atomic mass is 10.2. The van der Waals surface area contributed by atoms with Gasteiger partial charge in [-0.15, -0.1) is 0 Å². The zero-order valence-corrected chi connectivity index (χ0v) is 6.41. The zero-order valence-electron chi connectivity index (χ0n) is 5.66. The first-order valence-electron chi connectivity index (χ1n) is 3.26. The largest absolute Gasteiger partial charge is 0.297 e. The summed E-state index contributed by atoms with van der Waals surface area (Å²) in [5, 5.41) is 0. The maximum absolute atomic E-state index is 5.43. The van der Waals surface area contributed by atoms with E-state index in [0.29, 0.717) is 6.29 Å². The van der Waals surface area contributed by atoms with Crippen LogP contribution in [0, 0.1) is 6.29 Å². The minimum atomic E-state index is -0.606. The summed E-state index contributed by atoms with van der Waals surface area (Å²) in [6.07, 6.45) is 0.505. The Hall–Kier alpha value is -0.570. The molecular formula is C8H6ClO2. The van der Waals surface area contributed by atoms with Crippen LogP contribution in [0.1, 0.15) is 5.56 Å². The first-order chi connectivity index (χ1) is 5.36. The van der Waals surface area contributed by atoms with Gasteiger partial charge >= 0.3 is 0 Å². The van der Waals surface area contributed by atoms with E-state index in [4.69, 9.17) is 21.1 Å². The van der Waals surface area contributed by atoms with Gasteiger partial charge in [0, 0.05) is 5.56 Å². The van der Waals surface area contributed by atoms with Gasteiger partial charge in [0.25, 0.3) is 6.29 Å². The smallest absolute Gasteiger partial charge is 0.262 e. The number of hydrogen-bond acceptors (Lipinski definition) is 2. The van der Waals surface area contributed by atoms with Crippen molar-refractivity contribution < 1.29 is 9.47 Å². The molecule has 1 heterocycles. The predicted octanol–water partition coefficient (Wildman–Crippen LogP) is 2.09. The summed E-state index contributed by atoms with van der Waals surface area (Å²) in [7, 11) is 0. The average molecular weight is 170 g/mol. The minimum absolute atomic E-state index is 0.505. The third-order valence-electron chi connectivity index (χ3n) is 1.41. The average Bonchev–Trinajstić information content (AvgIpc) is 2.01. The third-order valence-corrected chi connectivity index (χ3v) is 1.59. The highest BCUT2D eigenvalue weighted by Crippen LogP contribution is 2.31. The van der Waals surface area contributed by atoms with Crippen LogP contribution >= 0.6 is 11.6 Å². The fourth-order valence-electron chi connectivity index (χ4n) is 0.887. The van der Waals surface area contributed by atoms with Gasteiger partial charge in [0.2, 0.25) is 5.75 Å². The molecule has 1 aromatic rings. The van der Waals surface area contributed by atoms with E-state index in [9.17, 15) is 0 Å². The molecule has 0 N–H and O–H groups in total. The molecule has 0 amide bonds. The molecule has 2 nitrogen and oxygen atoms in total. The Morgan fingerprint density at radius 3 is 2.27 bits per heavy atom. The van der Waals surface area contributed by atoms with Crippen molar-refractivity contribution in [1.29, 1.82) is 0 Å². The minimum Gasteiger partial charge on any atom is -0.297 e. The topological polar surface area (TPSA) is 18.5 Å². The quantitative estimate of drug-likeness (QED) is 0.600. The van der Waals surface area contributed by atoms with Crippen molar-refractivity contribution in [3.63, 3.8) is 0 Å². The number of ether oxygens (including phenoxy) is 2. The number of alkyl halides is 1. The van der Waals surface area contributed by atoms with Gasteiger partial charge in [0.15, 0.2) is 0 Å². The Bertz CT molecular complexity index is 231. The molecule has 0 atom stereocenters. The molecular weight excluding hydrogens is 164 g/mol. The maximum atomic E-state index is 5.43. The fraction of sp³-hybridized carbons (Fsp3) is 0.125. The summed E-state index contributed by atoms with van der Waals surface area (Å²) in [6, 6.07) is 9.56. The summed E-state index contributed by atoms with van der Waals surface area (Å²) in [5.41, 5.74) is 0.921. The van der Waals surface area contributed by atoms with E-state index in [-0.39, 0.29) is 0 Å². The van der Waals surface area contributed by atoms with Crippen LogP contribution in [-0.2, 0) is 9.47 Å². The van der Waals surface area contributed by atoms with Crippen molar-refractivity contribution in [3.8, 4) is 0 Å². The van der Waals surface area contributed by atoms with Crippen molar-refractivity contribution in [3.05, 3.63) is 42.2 Å². The van der Waals surface area contributed by atoms with Crippen LogP contribution in [0.4, 0.5) is 0 Å². The Kier molecular flexibility index (Phi) is 1.82. The fourth-order valence-corrected chi connectivity index (χ4v) is 1.05. The molecule has 1 aliphatic heterocycles. The highest BCUT2D eigenvalue weighted by Gasteiger charge is 2.32. The monoisotopic (exact) mass is 169 g/mol. The highest BCUT2D eigenvalue weighted by atomic mass is 35.5. The second-order valence-electron chi connectivity index (χ2n) is 2.16. The molecule has 3 heteroatoms. The lowest BCUT2D eigenvalue weighted by Gasteiger charge is -2.29. The molecule has 1 radical (unpaired) electrons. The van der Waals surface area contributed by atoms with Crippen LogP contribution in [0.25, 0.3) is 0 Å². The van der Waals surface area contributed by atoms with Crippen molar-refractivity contribution in [2.45, 2.75) is 5.75 Å². The van der Waals surface area contributed by atoms with Crippen LogP contribution in [0.5, 0.6) is 0 Å². The van der Waals surface area contributed by atoms with E-state index in [1.807, 2.05) is 30.3 Å². The second kappa shape index (κ2) is 2.81. The molecule has 0 bridgehead atoms. The summed E-state index contributed by atoms with van der Waals surface area (Å²) >= 11 is 5.43. The Labute approximate surface area is 69.7 Å². The summed E-state index contributed by atoms with van der Waals surface area (Å²) in [6.45, 7) is 0. The highest BCUT2D eigenvalue weighted by molar-refractivity contribution is 6.19. The Morgan fingerprint density at radius 1 is 1.09 bits per heavy atom. The van der Waals surface area contributed by atoms with E-state index in [1.54, 1.807) is 0 Å². The van der Waals surface area contributed by atoms with Gasteiger partial charge in [-0.05, 0) is 0 Å². The van der Waals surface area contributed by atoms with Crippen molar-refractivity contribution in [2.75, 3.05) is 0 Å². The normalized spacial score (nSPS) is 19.7. The number of benzene rings is 1. The van der Waals surface area contributed by atoms with Crippen LogP contribution in [0.3, 0.4) is 0 Å². The van der Waals surface area contributed by atoms with Crippen molar-refractivity contribution in [1.82, 2.24) is 0 Å². The Balaban J connectivity index is 2.08. The van der Waals surface area contributed by atoms with E-state index < -0.39 is 5.75 Å². The van der Waals surface area contributed by atoms with Gasteiger partial charge in [-0.2, -0.15) is 0 Å². The lowest BCUT2D eigenvalue weighted by Crippen LogP contribution is -2.30. The molecule has 57 valence electrons. The molecule has 0 saturated carbocycles. The first-order valence-corrected chi connectivity index (χ1v) is 3.69. The summed E-state index contributed by atoms with van der Waals surface area (Å²) < 4.78 is 9.97. The van der Waals surface area contributed by atoms with Crippen molar-refractivity contribution in [2.24, 2.45) is 0 Å². The van der Waals surface area contributed by atoms with Gasteiger partial charge in [0.05, 0.1) is 0 Å². The standard InChI is InChI=1S/C8H6ClO2/c9-8-10-7(11-8)6-4-2-1-3-5-6/h1-5,8H. The Morgan fingerprint density at radius 2 is 1.73 bits per heavy atom. The van der Waals surface area contributed by atoms with E-state index in [0.717, 1.165) is 5.56 Å². The number of halogens is 1. The van der Waals surface area contributed by atoms with Gasteiger partial charge in [-0.3, -0.25) is 9.47 Å². The molecule has 1 aliphatic rings. The molecule has 11 heavy (non-hydrogen) atoms. The number of rotatable bonds is 1. The molecule has 2 rings (SSSR count). The summed E-state index contributed by atoms with van der Waals surface area (Å²) in [5.74, 6) is -0.606. The van der Waals surface area contributed by atoms with Gasteiger partial charge < -0.3 is 0 Å². The summed E-state index contributed by atoms with van der Waals surface area (Å²) in [4.78, 5) is 0. The first kappa shape index (κ1) is 7.10. The van der Waals surface area contributed by atoms with Crippen LogP contribution in [-0.4, -0.2) is 5.75 Å². The van der Waals surface area contributed by atoms with Crippen LogP contribution < -0.4 is 0 Å². The molecule has 1 aromatic carbocycles. The molecule has 0 unspecified atom stereocenters. The molecule has 1 fully saturated rings. The molecule has 0 spiro atoms. The van der Waals surface area contributed by atoms with Gasteiger partial charge in [0.1, 0.15) is 0 Å². The molecule has 0 aliphatic carbocycles.